The number of nitrogens with zero attached hydrogens (tertiary/aromatic N) is 3. The molecule has 1 atom stereocenters. The van der Waals surface area contributed by atoms with Crippen molar-refractivity contribution in [1.29, 1.82) is 0 Å². The zero-order valence-electron chi connectivity index (χ0n) is 16.7. The number of carbonyl (C=O) groups is 1. The Morgan fingerprint density at radius 1 is 1.30 bits per heavy atom. The van der Waals surface area contributed by atoms with Crippen molar-refractivity contribution >= 4 is 23.1 Å². The highest BCUT2D eigenvalue weighted by Gasteiger charge is 2.37. The standard InChI is InChI=1S/C22H22FN5O2/c1-12-7-15(8-12)22-26-20(27-30-22)14-4-3-13(2)17(9-14)25-21(29)18-10-24-19-6-5-16(23)11-28(18)19/h3-6,9-12,15,22H,7-8H2,1-2H3,(H,25,29)(H,26,27)/t12-,15-,22?. The summed E-state index contributed by atoms with van der Waals surface area (Å²) in [7, 11) is 0. The van der Waals surface area contributed by atoms with Gasteiger partial charge >= 0.3 is 0 Å². The van der Waals surface area contributed by atoms with Crippen LogP contribution in [0.25, 0.3) is 5.65 Å². The fourth-order valence-electron chi connectivity index (χ4n) is 4.06. The number of carbonyl (C=O) groups excluding carboxylic acids is 1. The fraction of sp³-hybridized carbons (Fsp3) is 0.318. The number of anilines is 1. The van der Waals surface area contributed by atoms with Gasteiger partial charge in [0.1, 0.15) is 17.2 Å². The van der Waals surface area contributed by atoms with Crippen LogP contribution in [0.15, 0.2) is 47.9 Å². The first-order valence-electron chi connectivity index (χ1n) is 10.0. The van der Waals surface area contributed by atoms with Crippen LogP contribution in [0.1, 0.15) is 41.4 Å². The van der Waals surface area contributed by atoms with E-state index in [9.17, 15) is 9.18 Å². The molecule has 5 rings (SSSR count). The average Bonchev–Trinajstić information content (AvgIpc) is 3.34. The van der Waals surface area contributed by atoms with Crippen molar-refractivity contribution in [3.8, 4) is 0 Å². The predicted molar refractivity (Wildman–Crippen MR) is 111 cm³/mol. The van der Waals surface area contributed by atoms with Gasteiger partial charge in [0.05, 0.1) is 6.20 Å². The number of pyridine rings is 1. The van der Waals surface area contributed by atoms with Gasteiger partial charge in [-0.2, -0.15) is 0 Å². The second-order valence-electron chi connectivity index (χ2n) is 8.15. The van der Waals surface area contributed by atoms with Crippen LogP contribution < -0.4 is 10.6 Å². The Bertz CT molecular complexity index is 1170. The zero-order valence-corrected chi connectivity index (χ0v) is 16.7. The number of amidine groups is 1. The third kappa shape index (κ3) is 3.28. The van der Waals surface area contributed by atoms with Gasteiger partial charge in [0.15, 0.2) is 5.84 Å². The van der Waals surface area contributed by atoms with E-state index in [1.54, 1.807) is 0 Å². The quantitative estimate of drug-likeness (QED) is 0.691. The summed E-state index contributed by atoms with van der Waals surface area (Å²) < 4.78 is 15.0. The second kappa shape index (κ2) is 7.12. The van der Waals surface area contributed by atoms with Crippen LogP contribution in [0.3, 0.4) is 0 Å². The third-order valence-corrected chi connectivity index (χ3v) is 5.84. The summed E-state index contributed by atoms with van der Waals surface area (Å²) in [5.41, 5.74) is 3.14. The number of imidazole rings is 1. The fourth-order valence-corrected chi connectivity index (χ4v) is 4.06. The van der Waals surface area contributed by atoms with Gasteiger partial charge in [0, 0.05) is 23.4 Å². The largest absolute Gasteiger partial charge is 0.368 e. The molecule has 0 saturated heterocycles. The summed E-state index contributed by atoms with van der Waals surface area (Å²) in [5, 5.41) is 10.5. The van der Waals surface area contributed by atoms with Crippen molar-refractivity contribution in [1.82, 2.24) is 14.7 Å². The van der Waals surface area contributed by atoms with E-state index in [1.165, 1.54) is 28.9 Å². The van der Waals surface area contributed by atoms with Crippen LogP contribution in [-0.4, -0.2) is 27.4 Å². The second-order valence-corrected chi connectivity index (χ2v) is 8.15. The number of hydrogen-bond acceptors (Lipinski definition) is 5. The minimum atomic E-state index is -0.437. The van der Waals surface area contributed by atoms with Crippen LogP contribution in [0.2, 0.25) is 0 Å². The number of hydrogen-bond donors (Lipinski definition) is 2. The van der Waals surface area contributed by atoms with E-state index in [1.807, 2.05) is 25.1 Å². The Labute approximate surface area is 172 Å². The third-order valence-electron chi connectivity index (χ3n) is 5.84. The number of rotatable bonds is 4. The van der Waals surface area contributed by atoms with E-state index in [0.29, 0.717) is 23.1 Å². The number of amides is 1. The van der Waals surface area contributed by atoms with Crippen molar-refractivity contribution < 1.29 is 14.0 Å². The maximum atomic E-state index is 13.6. The number of nitrogens with one attached hydrogen (secondary N) is 2. The molecule has 1 unspecified atom stereocenters. The number of halogens is 1. The molecule has 7 nitrogen and oxygen atoms in total. The van der Waals surface area contributed by atoms with E-state index in [4.69, 9.17) is 4.84 Å². The lowest BCUT2D eigenvalue weighted by atomic mass is 9.75. The molecular formula is C22H22FN5O2. The summed E-state index contributed by atoms with van der Waals surface area (Å²) in [6, 6.07) is 8.56. The Balaban J connectivity index is 1.35. The van der Waals surface area contributed by atoms with Gasteiger partial charge < -0.3 is 15.5 Å². The van der Waals surface area contributed by atoms with E-state index in [2.05, 4.69) is 27.7 Å². The average molecular weight is 407 g/mol. The van der Waals surface area contributed by atoms with Crippen LogP contribution in [0.5, 0.6) is 0 Å². The Morgan fingerprint density at radius 3 is 2.93 bits per heavy atom. The highest BCUT2D eigenvalue weighted by atomic mass is 19.1. The maximum Gasteiger partial charge on any atom is 0.274 e. The minimum absolute atomic E-state index is 0.0939. The van der Waals surface area contributed by atoms with Gasteiger partial charge in [-0.3, -0.25) is 9.20 Å². The van der Waals surface area contributed by atoms with E-state index >= 15 is 0 Å². The molecule has 0 radical (unpaired) electrons. The molecule has 1 aliphatic carbocycles. The van der Waals surface area contributed by atoms with Gasteiger partial charge in [0.2, 0.25) is 6.23 Å². The van der Waals surface area contributed by atoms with Gasteiger partial charge in [-0.05, 0) is 49.4 Å². The molecule has 1 fully saturated rings. The van der Waals surface area contributed by atoms with Crippen molar-refractivity contribution in [2.45, 2.75) is 32.9 Å². The topological polar surface area (TPSA) is 80.0 Å². The van der Waals surface area contributed by atoms with Crippen molar-refractivity contribution in [3.63, 3.8) is 0 Å². The molecule has 2 N–H and O–H groups in total. The molecule has 154 valence electrons. The molecule has 0 bridgehead atoms. The maximum absolute atomic E-state index is 13.6. The number of fused-ring (bicyclic) bond motifs is 1. The molecule has 3 heterocycles. The molecule has 1 amide bonds. The first-order valence-corrected chi connectivity index (χ1v) is 10.0. The van der Waals surface area contributed by atoms with Crippen molar-refractivity contribution in [3.05, 3.63) is 65.4 Å². The van der Waals surface area contributed by atoms with Crippen LogP contribution in [0, 0.1) is 24.6 Å². The molecule has 0 spiro atoms. The normalized spacial score (nSPS) is 22.8. The van der Waals surface area contributed by atoms with Gasteiger partial charge in [-0.1, -0.05) is 24.2 Å². The highest BCUT2D eigenvalue weighted by molar-refractivity contribution is 6.05. The van der Waals surface area contributed by atoms with Crippen molar-refractivity contribution in [2.75, 3.05) is 5.32 Å². The molecular weight excluding hydrogens is 385 g/mol. The lowest BCUT2D eigenvalue weighted by Gasteiger charge is -2.35. The first kappa shape index (κ1) is 18.6. The summed E-state index contributed by atoms with van der Waals surface area (Å²) in [6.07, 6.45) is 4.86. The van der Waals surface area contributed by atoms with Gasteiger partial charge in [-0.15, -0.1) is 0 Å². The van der Waals surface area contributed by atoms with E-state index in [0.717, 1.165) is 29.9 Å². The van der Waals surface area contributed by atoms with Crippen LogP contribution in [0.4, 0.5) is 10.1 Å². The number of benzene rings is 1. The molecule has 8 heteroatoms. The smallest absolute Gasteiger partial charge is 0.274 e. The first-order chi connectivity index (χ1) is 14.5. The molecule has 2 aliphatic rings. The Hall–Kier alpha value is -3.42. The van der Waals surface area contributed by atoms with Gasteiger partial charge in [0.25, 0.3) is 5.91 Å². The molecule has 2 aromatic heterocycles. The summed E-state index contributed by atoms with van der Waals surface area (Å²) in [6.45, 7) is 4.15. The molecule has 3 aromatic rings. The predicted octanol–water partition coefficient (Wildman–Crippen LogP) is 3.69. The summed E-state index contributed by atoms with van der Waals surface area (Å²) in [5.74, 6) is 1.06. The van der Waals surface area contributed by atoms with E-state index in [-0.39, 0.29) is 17.8 Å². The highest BCUT2D eigenvalue weighted by Crippen LogP contribution is 2.37. The number of aryl methyl sites for hydroxylation is 1. The zero-order chi connectivity index (χ0) is 20.8. The SMILES string of the molecule is Cc1ccc(C2=NOC([C@H]3C[C@H](C)C3)N2)cc1NC(=O)c1cnc2ccc(F)cn12. The molecule has 1 saturated carbocycles. The number of oxime groups is 1. The monoisotopic (exact) mass is 407 g/mol. The van der Waals surface area contributed by atoms with Crippen LogP contribution >= 0.6 is 0 Å². The lowest BCUT2D eigenvalue weighted by Crippen LogP contribution is -2.42. The van der Waals surface area contributed by atoms with Crippen molar-refractivity contribution in [2.24, 2.45) is 17.0 Å². The molecule has 1 aliphatic heterocycles. The van der Waals surface area contributed by atoms with Crippen LogP contribution in [-0.2, 0) is 4.84 Å². The summed E-state index contributed by atoms with van der Waals surface area (Å²) in [4.78, 5) is 22.6. The van der Waals surface area contributed by atoms with E-state index < -0.39 is 5.82 Å². The Kier molecular flexibility index (Phi) is 4.42. The Morgan fingerprint density at radius 2 is 2.13 bits per heavy atom. The molecule has 1 aromatic carbocycles. The summed E-state index contributed by atoms with van der Waals surface area (Å²) >= 11 is 0. The minimum Gasteiger partial charge on any atom is -0.368 e. The lowest BCUT2D eigenvalue weighted by molar-refractivity contribution is -0.0192. The van der Waals surface area contributed by atoms with Gasteiger partial charge in [-0.25, -0.2) is 9.37 Å². The molecule has 30 heavy (non-hydrogen) atoms. The number of aromatic nitrogens is 2.